The second-order valence-corrected chi connectivity index (χ2v) is 6.24. The number of hydrogen-bond donors (Lipinski definition) is 1. The molecule has 0 radical (unpaired) electrons. The molecular formula is C20H19F2NO4. The molecule has 142 valence electrons. The van der Waals surface area contributed by atoms with Crippen molar-refractivity contribution in [2.75, 3.05) is 6.61 Å². The van der Waals surface area contributed by atoms with E-state index in [1.165, 1.54) is 12.1 Å². The molecule has 1 saturated carbocycles. The Morgan fingerprint density at radius 2 is 1.63 bits per heavy atom. The Bertz CT molecular complexity index is 776. The zero-order valence-electron chi connectivity index (χ0n) is 14.4. The third-order valence-electron chi connectivity index (χ3n) is 4.13. The molecule has 1 atom stereocenters. The molecule has 0 bridgehead atoms. The zero-order valence-corrected chi connectivity index (χ0v) is 14.4. The van der Waals surface area contributed by atoms with Crippen LogP contribution in [0.3, 0.4) is 0 Å². The normalized spacial score (nSPS) is 14.5. The van der Waals surface area contributed by atoms with Crippen LogP contribution >= 0.6 is 0 Å². The fraction of sp³-hybridized carbons (Fsp3) is 0.300. The SMILES string of the molecule is O=C(COC(=O)C1CC1)N[C@H](c1ccccc1)c1ccc(OC(F)F)cc1. The van der Waals surface area contributed by atoms with Gasteiger partial charge in [0.2, 0.25) is 0 Å². The smallest absolute Gasteiger partial charge is 0.387 e. The van der Waals surface area contributed by atoms with E-state index in [1.807, 2.05) is 30.3 Å². The van der Waals surface area contributed by atoms with E-state index in [-0.39, 0.29) is 24.2 Å². The zero-order chi connectivity index (χ0) is 19.2. The molecule has 0 aliphatic heterocycles. The highest BCUT2D eigenvalue weighted by molar-refractivity contribution is 5.82. The van der Waals surface area contributed by atoms with Crippen LogP contribution in [0.25, 0.3) is 0 Å². The van der Waals surface area contributed by atoms with Crippen molar-refractivity contribution in [3.8, 4) is 5.75 Å². The molecule has 1 aliphatic carbocycles. The number of alkyl halides is 2. The van der Waals surface area contributed by atoms with Gasteiger partial charge in [-0.05, 0) is 36.1 Å². The van der Waals surface area contributed by atoms with Crippen LogP contribution in [-0.4, -0.2) is 25.1 Å². The van der Waals surface area contributed by atoms with Gasteiger partial charge in [0.25, 0.3) is 5.91 Å². The van der Waals surface area contributed by atoms with Gasteiger partial charge in [-0.25, -0.2) is 0 Å². The van der Waals surface area contributed by atoms with Gasteiger partial charge in [0.1, 0.15) is 5.75 Å². The van der Waals surface area contributed by atoms with E-state index >= 15 is 0 Å². The average molecular weight is 375 g/mol. The molecule has 3 rings (SSSR count). The lowest BCUT2D eigenvalue weighted by atomic mass is 9.98. The first-order valence-corrected chi connectivity index (χ1v) is 8.58. The first-order valence-electron chi connectivity index (χ1n) is 8.58. The van der Waals surface area contributed by atoms with E-state index in [0.717, 1.165) is 18.4 Å². The highest BCUT2D eigenvalue weighted by Crippen LogP contribution is 2.30. The van der Waals surface area contributed by atoms with Crippen LogP contribution in [0.1, 0.15) is 30.0 Å². The third-order valence-corrected chi connectivity index (χ3v) is 4.13. The molecule has 0 spiro atoms. The van der Waals surface area contributed by atoms with Gasteiger partial charge in [-0.3, -0.25) is 9.59 Å². The number of rotatable bonds is 8. The summed E-state index contributed by atoms with van der Waals surface area (Å²) in [6.07, 6.45) is 1.61. The van der Waals surface area contributed by atoms with Crippen LogP contribution in [0.5, 0.6) is 5.75 Å². The Morgan fingerprint density at radius 3 is 2.22 bits per heavy atom. The summed E-state index contributed by atoms with van der Waals surface area (Å²) in [5, 5.41) is 2.82. The van der Waals surface area contributed by atoms with Crippen LogP contribution in [0.4, 0.5) is 8.78 Å². The van der Waals surface area contributed by atoms with Crippen LogP contribution in [0.2, 0.25) is 0 Å². The van der Waals surface area contributed by atoms with Gasteiger partial charge in [0.05, 0.1) is 12.0 Å². The number of carbonyl (C=O) groups excluding carboxylic acids is 2. The van der Waals surface area contributed by atoms with E-state index in [1.54, 1.807) is 12.1 Å². The Labute approximate surface area is 155 Å². The van der Waals surface area contributed by atoms with Crippen LogP contribution in [-0.2, 0) is 14.3 Å². The minimum atomic E-state index is -2.90. The van der Waals surface area contributed by atoms with Crippen molar-refractivity contribution >= 4 is 11.9 Å². The number of amides is 1. The van der Waals surface area contributed by atoms with E-state index in [2.05, 4.69) is 10.1 Å². The molecule has 0 aromatic heterocycles. The van der Waals surface area contributed by atoms with Gasteiger partial charge in [0.15, 0.2) is 6.61 Å². The summed E-state index contributed by atoms with van der Waals surface area (Å²) < 4.78 is 34.0. The Kier molecular flexibility index (Phi) is 6.01. The highest BCUT2D eigenvalue weighted by atomic mass is 19.3. The number of esters is 1. The Morgan fingerprint density at radius 1 is 1.00 bits per heavy atom. The highest BCUT2D eigenvalue weighted by Gasteiger charge is 2.31. The summed E-state index contributed by atoms with van der Waals surface area (Å²) in [6.45, 7) is -3.26. The molecule has 1 fully saturated rings. The van der Waals surface area contributed by atoms with Crippen molar-refractivity contribution in [2.24, 2.45) is 5.92 Å². The molecule has 0 unspecified atom stereocenters. The molecule has 1 amide bonds. The fourth-order valence-corrected chi connectivity index (χ4v) is 2.62. The lowest BCUT2D eigenvalue weighted by molar-refractivity contribution is -0.149. The lowest BCUT2D eigenvalue weighted by Crippen LogP contribution is -2.33. The summed E-state index contributed by atoms with van der Waals surface area (Å²) in [6, 6.07) is 14.7. The first-order chi connectivity index (χ1) is 13.0. The van der Waals surface area contributed by atoms with Gasteiger partial charge in [0, 0.05) is 0 Å². The van der Waals surface area contributed by atoms with Crippen molar-refractivity contribution in [1.29, 1.82) is 0 Å². The molecular weight excluding hydrogens is 356 g/mol. The minimum Gasteiger partial charge on any atom is -0.455 e. The molecule has 1 aliphatic rings. The van der Waals surface area contributed by atoms with Gasteiger partial charge in [-0.15, -0.1) is 0 Å². The molecule has 7 heteroatoms. The number of hydrogen-bond acceptors (Lipinski definition) is 4. The topological polar surface area (TPSA) is 64.6 Å². The number of halogens is 2. The van der Waals surface area contributed by atoms with Gasteiger partial charge in [-0.1, -0.05) is 42.5 Å². The third kappa shape index (κ3) is 5.51. The van der Waals surface area contributed by atoms with E-state index < -0.39 is 18.6 Å². The number of benzene rings is 2. The quantitative estimate of drug-likeness (QED) is 0.718. The molecule has 0 heterocycles. The largest absolute Gasteiger partial charge is 0.455 e. The van der Waals surface area contributed by atoms with Crippen molar-refractivity contribution < 1.29 is 27.8 Å². The maximum atomic E-state index is 12.3. The second kappa shape index (κ2) is 8.62. The van der Waals surface area contributed by atoms with Gasteiger partial charge < -0.3 is 14.8 Å². The second-order valence-electron chi connectivity index (χ2n) is 6.24. The predicted octanol–water partition coefficient (Wildman–Crippen LogP) is 3.45. The molecule has 1 N–H and O–H groups in total. The van der Waals surface area contributed by atoms with Crippen LogP contribution < -0.4 is 10.1 Å². The number of ether oxygens (including phenoxy) is 2. The minimum absolute atomic E-state index is 0.0326. The summed E-state index contributed by atoms with van der Waals surface area (Å²) >= 11 is 0. The van der Waals surface area contributed by atoms with E-state index in [9.17, 15) is 18.4 Å². The predicted molar refractivity (Wildman–Crippen MR) is 93.2 cm³/mol. The maximum absolute atomic E-state index is 12.3. The van der Waals surface area contributed by atoms with Gasteiger partial charge >= 0.3 is 12.6 Å². The lowest BCUT2D eigenvalue weighted by Gasteiger charge is -2.20. The summed E-state index contributed by atoms with van der Waals surface area (Å²) in [5.74, 6) is -0.837. The van der Waals surface area contributed by atoms with Crippen molar-refractivity contribution in [1.82, 2.24) is 5.32 Å². The average Bonchev–Trinajstić information content (AvgIpc) is 3.50. The number of carbonyl (C=O) groups is 2. The summed E-state index contributed by atoms with van der Waals surface area (Å²) in [7, 11) is 0. The molecule has 0 saturated heterocycles. The molecule has 27 heavy (non-hydrogen) atoms. The fourth-order valence-electron chi connectivity index (χ4n) is 2.62. The van der Waals surface area contributed by atoms with Crippen molar-refractivity contribution in [2.45, 2.75) is 25.5 Å². The summed E-state index contributed by atoms with van der Waals surface area (Å²) in [4.78, 5) is 23.8. The number of nitrogens with one attached hydrogen (secondary N) is 1. The van der Waals surface area contributed by atoms with Gasteiger partial charge in [-0.2, -0.15) is 8.78 Å². The molecule has 5 nitrogen and oxygen atoms in total. The van der Waals surface area contributed by atoms with Crippen LogP contribution in [0.15, 0.2) is 54.6 Å². The first kappa shape index (κ1) is 18.8. The van der Waals surface area contributed by atoms with Crippen molar-refractivity contribution in [3.05, 3.63) is 65.7 Å². The van der Waals surface area contributed by atoms with Crippen molar-refractivity contribution in [3.63, 3.8) is 0 Å². The van der Waals surface area contributed by atoms with E-state index in [4.69, 9.17) is 4.74 Å². The Hall–Kier alpha value is -2.96. The molecule has 2 aromatic carbocycles. The standard InChI is InChI=1S/C20H19F2NO4/c21-20(22)27-16-10-8-14(9-11-16)18(13-4-2-1-3-5-13)23-17(24)12-26-19(25)15-6-7-15/h1-5,8-11,15,18,20H,6-7,12H2,(H,23,24)/t18-/m1/s1. The maximum Gasteiger partial charge on any atom is 0.387 e. The summed E-state index contributed by atoms with van der Waals surface area (Å²) in [5.41, 5.74) is 1.49. The van der Waals surface area contributed by atoms with Crippen LogP contribution in [0, 0.1) is 5.92 Å². The molecule has 2 aromatic rings. The van der Waals surface area contributed by atoms with E-state index in [0.29, 0.717) is 5.56 Å². The Balaban J connectivity index is 1.71. The monoisotopic (exact) mass is 375 g/mol.